The molecule has 34 heavy (non-hydrogen) atoms. The number of aromatic nitrogens is 2. The molecule has 3 aromatic carbocycles. The van der Waals surface area contributed by atoms with Crippen LogP contribution in [0.5, 0.6) is 0 Å². The third kappa shape index (κ3) is 5.11. The van der Waals surface area contributed by atoms with E-state index in [1.165, 1.54) is 24.3 Å². The van der Waals surface area contributed by atoms with Crippen molar-refractivity contribution in [3.8, 4) is 11.1 Å². The zero-order chi connectivity index (χ0) is 24.5. The van der Waals surface area contributed by atoms with E-state index in [1.54, 1.807) is 42.5 Å². The second-order valence-corrected chi connectivity index (χ2v) is 7.30. The number of rotatable bonds is 4. The third-order valence-corrected chi connectivity index (χ3v) is 4.92. The van der Waals surface area contributed by atoms with Crippen molar-refractivity contribution in [2.24, 2.45) is 0 Å². The van der Waals surface area contributed by atoms with Crippen LogP contribution < -0.4 is 5.32 Å². The summed E-state index contributed by atoms with van der Waals surface area (Å²) in [5, 5.41) is 1.88. The molecule has 0 aliphatic rings. The predicted octanol–water partition coefficient (Wildman–Crippen LogP) is 6.92. The molecule has 0 aliphatic heterocycles. The van der Waals surface area contributed by atoms with E-state index in [-0.39, 0.29) is 5.69 Å². The lowest BCUT2D eigenvalue weighted by Crippen LogP contribution is -2.30. The summed E-state index contributed by atoms with van der Waals surface area (Å²) >= 11 is 0. The predicted molar refractivity (Wildman–Crippen MR) is 117 cm³/mol. The lowest BCUT2D eigenvalue weighted by atomic mass is 10.0. The van der Waals surface area contributed by atoms with Gasteiger partial charge in [-0.1, -0.05) is 42.5 Å². The average Bonchev–Trinajstić information content (AvgIpc) is 3.19. The summed E-state index contributed by atoms with van der Waals surface area (Å²) in [6, 6.07) is 15.7. The van der Waals surface area contributed by atoms with Crippen LogP contribution in [0.2, 0.25) is 0 Å². The molecule has 1 heterocycles. The zero-order valence-electron chi connectivity index (χ0n) is 17.1. The molecular formula is C24H15F6N3O. The number of imidazole rings is 1. The molecule has 0 saturated heterocycles. The molecule has 1 aromatic heterocycles. The molecule has 0 spiro atoms. The fourth-order valence-electron chi connectivity index (χ4n) is 3.27. The average molecular weight is 475 g/mol. The van der Waals surface area contributed by atoms with Crippen LogP contribution in [0.25, 0.3) is 34.3 Å². The van der Waals surface area contributed by atoms with Crippen LogP contribution in [0.15, 0.2) is 66.7 Å². The minimum absolute atomic E-state index is 0.00566. The maximum Gasteiger partial charge on any atom is 0.471 e. The van der Waals surface area contributed by atoms with Crippen molar-refractivity contribution < 1.29 is 31.1 Å². The molecule has 2 N–H and O–H groups in total. The smallest absolute Gasteiger partial charge is 0.338 e. The van der Waals surface area contributed by atoms with Gasteiger partial charge in [0, 0.05) is 11.3 Å². The standard InChI is InChI=1S/C24H15F6N3O/c25-23(26,27)16-9-5-14(6-10-16)7-12-21-31-19-11-8-15(13-20(19)32-21)17-3-1-2-4-18(17)33-22(34)24(28,29)30/h1-13H,(H,31,32)(H,33,34). The number of alkyl halides is 6. The topological polar surface area (TPSA) is 57.8 Å². The minimum Gasteiger partial charge on any atom is -0.338 e. The Morgan fingerprint density at radius 1 is 0.882 bits per heavy atom. The summed E-state index contributed by atoms with van der Waals surface area (Å²) in [7, 11) is 0. The number of aromatic amines is 1. The molecule has 0 aliphatic carbocycles. The highest BCUT2D eigenvalue weighted by molar-refractivity contribution is 5.99. The number of carbonyl (C=O) groups excluding carboxylic acids is 1. The van der Waals surface area contributed by atoms with E-state index in [0.717, 1.165) is 12.1 Å². The van der Waals surface area contributed by atoms with Gasteiger partial charge < -0.3 is 10.3 Å². The summed E-state index contributed by atoms with van der Waals surface area (Å²) in [6.45, 7) is 0. The number of carbonyl (C=O) groups is 1. The van der Waals surface area contributed by atoms with E-state index in [1.807, 2.05) is 5.32 Å². The molecule has 174 valence electrons. The fourth-order valence-corrected chi connectivity index (χ4v) is 3.27. The number of benzene rings is 3. The van der Waals surface area contributed by atoms with Gasteiger partial charge in [0.2, 0.25) is 0 Å². The molecule has 0 bridgehead atoms. The van der Waals surface area contributed by atoms with E-state index in [0.29, 0.717) is 33.5 Å². The van der Waals surface area contributed by atoms with Gasteiger partial charge in [-0.15, -0.1) is 0 Å². The van der Waals surface area contributed by atoms with Crippen molar-refractivity contribution in [3.05, 3.63) is 83.7 Å². The summed E-state index contributed by atoms with van der Waals surface area (Å²) in [4.78, 5) is 18.8. The molecule has 0 radical (unpaired) electrons. The number of para-hydroxylation sites is 1. The molecule has 4 rings (SSSR count). The molecule has 0 fully saturated rings. The van der Waals surface area contributed by atoms with E-state index >= 15 is 0 Å². The van der Waals surface area contributed by atoms with Gasteiger partial charge in [-0.2, -0.15) is 26.3 Å². The Kier molecular flexibility index (Phi) is 5.90. The highest BCUT2D eigenvalue weighted by Crippen LogP contribution is 2.32. The van der Waals surface area contributed by atoms with Crippen LogP contribution >= 0.6 is 0 Å². The molecule has 0 saturated carbocycles. The zero-order valence-corrected chi connectivity index (χ0v) is 17.1. The van der Waals surface area contributed by atoms with Crippen LogP contribution in [0.1, 0.15) is 17.0 Å². The monoisotopic (exact) mass is 475 g/mol. The Labute approximate surface area is 188 Å². The Hall–Kier alpha value is -4.08. The molecule has 0 unspecified atom stereocenters. The SMILES string of the molecule is O=C(Nc1ccccc1-c1ccc2nc(C=Cc3ccc(C(F)(F)F)cc3)[nH]c2c1)C(F)(F)F. The summed E-state index contributed by atoms with van der Waals surface area (Å²) in [5.41, 5.74) is 1.90. The van der Waals surface area contributed by atoms with Gasteiger partial charge in [0.25, 0.3) is 0 Å². The van der Waals surface area contributed by atoms with E-state index in [2.05, 4.69) is 9.97 Å². The molecule has 4 aromatic rings. The van der Waals surface area contributed by atoms with E-state index in [4.69, 9.17) is 0 Å². The van der Waals surface area contributed by atoms with Gasteiger partial charge in [0.15, 0.2) is 0 Å². The van der Waals surface area contributed by atoms with Gasteiger partial charge >= 0.3 is 18.3 Å². The van der Waals surface area contributed by atoms with Crippen LogP contribution in [0, 0.1) is 0 Å². The number of halogens is 6. The number of anilines is 1. The lowest BCUT2D eigenvalue weighted by molar-refractivity contribution is -0.167. The maximum atomic E-state index is 12.7. The quantitative estimate of drug-likeness (QED) is 0.315. The van der Waals surface area contributed by atoms with Crippen molar-refractivity contribution in [2.75, 3.05) is 5.32 Å². The number of amides is 1. The van der Waals surface area contributed by atoms with Crippen LogP contribution in [0.4, 0.5) is 32.0 Å². The van der Waals surface area contributed by atoms with Crippen molar-refractivity contribution >= 4 is 34.8 Å². The number of nitrogens with one attached hydrogen (secondary N) is 2. The van der Waals surface area contributed by atoms with Crippen molar-refractivity contribution in [2.45, 2.75) is 12.4 Å². The second kappa shape index (κ2) is 8.69. The van der Waals surface area contributed by atoms with Crippen LogP contribution in [0.3, 0.4) is 0 Å². The van der Waals surface area contributed by atoms with Crippen LogP contribution in [-0.4, -0.2) is 22.1 Å². The summed E-state index contributed by atoms with van der Waals surface area (Å²) in [5.74, 6) is -1.64. The largest absolute Gasteiger partial charge is 0.471 e. The normalized spacial score (nSPS) is 12.4. The Morgan fingerprint density at radius 3 is 2.26 bits per heavy atom. The van der Waals surface area contributed by atoms with Crippen molar-refractivity contribution in [1.29, 1.82) is 0 Å². The Morgan fingerprint density at radius 2 is 1.59 bits per heavy atom. The second-order valence-electron chi connectivity index (χ2n) is 7.30. The number of fused-ring (bicyclic) bond motifs is 1. The number of hydrogen-bond donors (Lipinski definition) is 2. The number of nitrogens with zero attached hydrogens (tertiary/aromatic N) is 1. The van der Waals surface area contributed by atoms with Crippen LogP contribution in [-0.2, 0) is 11.0 Å². The molecular weight excluding hydrogens is 460 g/mol. The van der Waals surface area contributed by atoms with Gasteiger partial charge in [0.1, 0.15) is 5.82 Å². The molecule has 0 atom stereocenters. The summed E-state index contributed by atoms with van der Waals surface area (Å²) < 4.78 is 76.0. The first-order valence-corrected chi connectivity index (χ1v) is 9.83. The number of H-pyrrole nitrogens is 1. The van der Waals surface area contributed by atoms with E-state index in [9.17, 15) is 31.1 Å². The number of hydrogen-bond acceptors (Lipinski definition) is 2. The van der Waals surface area contributed by atoms with Gasteiger partial charge in [-0.25, -0.2) is 4.98 Å². The minimum atomic E-state index is -5.02. The van der Waals surface area contributed by atoms with Gasteiger partial charge in [0.05, 0.1) is 16.6 Å². The first-order chi connectivity index (χ1) is 16.0. The molecule has 4 nitrogen and oxygen atoms in total. The van der Waals surface area contributed by atoms with E-state index < -0.39 is 23.8 Å². The van der Waals surface area contributed by atoms with Crippen molar-refractivity contribution in [1.82, 2.24) is 9.97 Å². The highest BCUT2D eigenvalue weighted by atomic mass is 19.4. The van der Waals surface area contributed by atoms with Crippen molar-refractivity contribution in [3.63, 3.8) is 0 Å². The Bertz CT molecular complexity index is 1370. The molecule has 1 amide bonds. The third-order valence-electron chi connectivity index (χ3n) is 4.92. The lowest BCUT2D eigenvalue weighted by Gasteiger charge is -2.12. The first-order valence-electron chi connectivity index (χ1n) is 9.83. The van der Waals surface area contributed by atoms with Gasteiger partial charge in [-0.05, 0) is 47.5 Å². The first kappa shape index (κ1) is 23.1. The summed E-state index contributed by atoms with van der Waals surface area (Å²) in [6.07, 6.45) is -6.23. The fraction of sp³-hybridized carbons (Fsp3) is 0.0833. The molecule has 10 heteroatoms. The Balaban J connectivity index is 1.59. The van der Waals surface area contributed by atoms with Gasteiger partial charge in [-0.3, -0.25) is 4.79 Å². The highest BCUT2D eigenvalue weighted by Gasteiger charge is 2.39. The maximum absolute atomic E-state index is 12.7.